The van der Waals surface area contributed by atoms with E-state index >= 15 is 0 Å². The summed E-state index contributed by atoms with van der Waals surface area (Å²) in [5.41, 5.74) is 4.01. The molecular formula is C31H34N4O4. The summed E-state index contributed by atoms with van der Waals surface area (Å²) in [4.78, 5) is 26.9. The van der Waals surface area contributed by atoms with Crippen LogP contribution in [0.15, 0.2) is 85.1 Å². The number of nitrogens with zero attached hydrogens (tertiary/aromatic N) is 3. The molecule has 1 saturated heterocycles. The first-order chi connectivity index (χ1) is 19.1. The van der Waals surface area contributed by atoms with E-state index in [9.17, 15) is 14.9 Å². The van der Waals surface area contributed by atoms with Crippen molar-refractivity contribution in [3.8, 4) is 0 Å². The summed E-state index contributed by atoms with van der Waals surface area (Å²) in [7, 11) is 0. The van der Waals surface area contributed by atoms with E-state index in [1.54, 1.807) is 12.1 Å². The molecule has 4 aromatic rings. The predicted molar refractivity (Wildman–Crippen MR) is 152 cm³/mol. The number of nitrogens with one attached hydrogen (secondary N) is 1. The summed E-state index contributed by atoms with van der Waals surface area (Å²) in [6.07, 6.45) is 3.20. The van der Waals surface area contributed by atoms with E-state index in [0.29, 0.717) is 13.1 Å². The maximum absolute atomic E-state index is 13.2. The van der Waals surface area contributed by atoms with Crippen molar-refractivity contribution in [2.24, 2.45) is 0 Å². The number of rotatable bonds is 11. The first-order valence-corrected chi connectivity index (χ1v) is 13.5. The predicted octanol–water partition coefficient (Wildman–Crippen LogP) is 4.96. The molecular weight excluding hydrogens is 492 g/mol. The van der Waals surface area contributed by atoms with Crippen molar-refractivity contribution in [1.82, 2.24) is 14.8 Å². The van der Waals surface area contributed by atoms with E-state index in [1.807, 2.05) is 54.6 Å². The van der Waals surface area contributed by atoms with Gasteiger partial charge in [-0.3, -0.25) is 19.8 Å². The zero-order valence-corrected chi connectivity index (χ0v) is 22.0. The van der Waals surface area contributed by atoms with Crippen molar-refractivity contribution in [3.05, 3.63) is 112 Å². The lowest BCUT2D eigenvalue weighted by atomic mass is 9.88. The number of morpholine rings is 1. The number of non-ortho nitro benzene ring substituents is 1. The number of hydrogen-bond acceptors (Lipinski definition) is 5. The molecule has 1 atom stereocenters. The molecule has 1 aliphatic rings. The number of amides is 1. The molecule has 1 amide bonds. The van der Waals surface area contributed by atoms with Crippen molar-refractivity contribution in [2.45, 2.75) is 25.3 Å². The quantitative estimate of drug-likeness (QED) is 0.170. The Morgan fingerprint density at radius 1 is 1.00 bits per heavy atom. The number of carbonyl (C=O) groups excluding carboxylic acids is 1. The average molecular weight is 527 g/mol. The number of carbonyl (C=O) groups is 1. The topological polar surface area (TPSA) is 89.6 Å². The van der Waals surface area contributed by atoms with Crippen molar-refractivity contribution in [3.63, 3.8) is 0 Å². The van der Waals surface area contributed by atoms with E-state index in [1.165, 1.54) is 0 Å². The van der Waals surface area contributed by atoms with Gasteiger partial charge in [0.25, 0.3) is 5.69 Å². The molecule has 5 rings (SSSR count). The van der Waals surface area contributed by atoms with Crippen LogP contribution in [0, 0.1) is 10.1 Å². The molecule has 8 nitrogen and oxygen atoms in total. The standard InChI is InChI=1S/C31H34N4O4/c36-31(32-14-7-15-33-16-18-39-19-17-33)21-27(25-10-5-2-6-11-25)29-23-34(22-24-8-3-1-4-9-24)30-13-12-26(35(37)38)20-28(29)30/h1-6,8-13,20,23,27H,7,14-19,21-22H2,(H,32,36)/t27-/m0/s1. The van der Waals surface area contributed by atoms with Crippen LogP contribution in [0.1, 0.15) is 35.4 Å². The van der Waals surface area contributed by atoms with Gasteiger partial charge >= 0.3 is 0 Å². The third kappa shape index (κ3) is 6.71. The Morgan fingerprint density at radius 2 is 1.72 bits per heavy atom. The number of aromatic nitrogens is 1. The number of hydrogen-bond donors (Lipinski definition) is 1. The van der Waals surface area contributed by atoms with Gasteiger partial charge < -0.3 is 14.6 Å². The molecule has 1 aromatic heterocycles. The first kappa shape index (κ1) is 26.6. The Bertz CT molecular complexity index is 1400. The van der Waals surface area contributed by atoms with Gasteiger partial charge in [-0.05, 0) is 35.7 Å². The summed E-state index contributed by atoms with van der Waals surface area (Å²) in [5.74, 6) is -0.271. The summed E-state index contributed by atoms with van der Waals surface area (Å²) >= 11 is 0. The Labute approximate surface area is 228 Å². The zero-order valence-electron chi connectivity index (χ0n) is 22.0. The van der Waals surface area contributed by atoms with Crippen molar-refractivity contribution in [2.75, 3.05) is 39.4 Å². The second-order valence-electron chi connectivity index (χ2n) is 9.98. The van der Waals surface area contributed by atoms with E-state index in [0.717, 1.165) is 66.9 Å². The molecule has 0 spiro atoms. The van der Waals surface area contributed by atoms with Gasteiger partial charge in [0.2, 0.25) is 5.91 Å². The van der Waals surface area contributed by atoms with Crippen molar-refractivity contribution < 1.29 is 14.5 Å². The van der Waals surface area contributed by atoms with Crippen LogP contribution in [0.4, 0.5) is 5.69 Å². The normalized spacial score (nSPS) is 14.8. The number of fused-ring (bicyclic) bond motifs is 1. The minimum atomic E-state index is -0.365. The van der Waals surface area contributed by atoms with E-state index in [-0.39, 0.29) is 28.9 Å². The van der Waals surface area contributed by atoms with Gasteiger partial charge in [-0.2, -0.15) is 0 Å². The second-order valence-corrected chi connectivity index (χ2v) is 9.98. The molecule has 2 heterocycles. The first-order valence-electron chi connectivity index (χ1n) is 13.5. The molecule has 8 heteroatoms. The number of ether oxygens (including phenoxy) is 1. The van der Waals surface area contributed by atoms with Gasteiger partial charge in [0.1, 0.15) is 0 Å². The van der Waals surface area contributed by atoms with Crippen molar-refractivity contribution >= 4 is 22.5 Å². The lowest BCUT2D eigenvalue weighted by molar-refractivity contribution is -0.384. The highest BCUT2D eigenvalue weighted by molar-refractivity contribution is 5.88. The monoisotopic (exact) mass is 526 g/mol. The van der Waals surface area contributed by atoms with Crippen LogP contribution in [0.3, 0.4) is 0 Å². The summed E-state index contributed by atoms with van der Waals surface area (Å²) in [6.45, 7) is 5.57. The van der Waals surface area contributed by atoms with Crippen LogP contribution in [-0.4, -0.2) is 59.7 Å². The summed E-state index contributed by atoms with van der Waals surface area (Å²) in [5, 5.41) is 15.6. The van der Waals surface area contributed by atoms with Gasteiger partial charge in [-0.15, -0.1) is 0 Å². The van der Waals surface area contributed by atoms with Gasteiger partial charge in [-0.1, -0.05) is 60.7 Å². The third-order valence-corrected chi connectivity index (χ3v) is 7.35. The lowest BCUT2D eigenvalue weighted by Crippen LogP contribution is -2.38. The van der Waals surface area contributed by atoms with Gasteiger partial charge in [0.15, 0.2) is 0 Å². The molecule has 3 aromatic carbocycles. The van der Waals surface area contributed by atoms with Gasteiger partial charge in [0.05, 0.1) is 18.1 Å². The highest BCUT2D eigenvalue weighted by Gasteiger charge is 2.24. The lowest BCUT2D eigenvalue weighted by Gasteiger charge is -2.26. The molecule has 0 aliphatic carbocycles. The fraction of sp³-hybridized carbons (Fsp3) is 0.323. The Kier molecular flexibility index (Phi) is 8.65. The fourth-order valence-corrected chi connectivity index (χ4v) is 5.32. The maximum Gasteiger partial charge on any atom is 0.270 e. The third-order valence-electron chi connectivity index (χ3n) is 7.35. The van der Waals surface area contributed by atoms with Crippen LogP contribution in [-0.2, 0) is 16.1 Å². The van der Waals surface area contributed by atoms with Crippen molar-refractivity contribution in [1.29, 1.82) is 0 Å². The molecule has 0 bridgehead atoms. The van der Waals surface area contributed by atoms with E-state index in [4.69, 9.17) is 4.74 Å². The smallest absolute Gasteiger partial charge is 0.270 e. The molecule has 1 aliphatic heterocycles. The molecule has 0 radical (unpaired) electrons. The van der Waals surface area contributed by atoms with Crippen LogP contribution in [0.5, 0.6) is 0 Å². The fourth-order valence-electron chi connectivity index (χ4n) is 5.32. The average Bonchev–Trinajstić information content (AvgIpc) is 3.32. The van der Waals surface area contributed by atoms with E-state index in [2.05, 4.69) is 33.1 Å². The van der Waals surface area contributed by atoms with Crippen LogP contribution >= 0.6 is 0 Å². The molecule has 1 N–H and O–H groups in total. The van der Waals surface area contributed by atoms with Gasteiger partial charge in [-0.25, -0.2) is 0 Å². The number of nitro benzene ring substituents is 1. The Morgan fingerprint density at radius 3 is 2.44 bits per heavy atom. The molecule has 1 fully saturated rings. The molecule has 39 heavy (non-hydrogen) atoms. The van der Waals surface area contributed by atoms with E-state index < -0.39 is 0 Å². The van der Waals surface area contributed by atoms with Crippen LogP contribution < -0.4 is 5.32 Å². The number of nitro groups is 1. The summed E-state index contributed by atoms with van der Waals surface area (Å²) in [6, 6.07) is 25.1. The Hall–Kier alpha value is -4.01. The highest BCUT2D eigenvalue weighted by atomic mass is 16.6. The largest absolute Gasteiger partial charge is 0.379 e. The molecule has 202 valence electrons. The van der Waals surface area contributed by atoms with Crippen LogP contribution in [0.25, 0.3) is 10.9 Å². The zero-order chi connectivity index (χ0) is 27.0. The van der Waals surface area contributed by atoms with Crippen LogP contribution in [0.2, 0.25) is 0 Å². The molecule has 0 unspecified atom stereocenters. The highest BCUT2D eigenvalue weighted by Crippen LogP contribution is 2.36. The Balaban J connectivity index is 1.41. The minimum absolute atomic E-state index is 0.0276. The SMILES string of the molecule is O=C(C[C@@H](c1ccccc1)c1cn(Cc2ccccc2)c2ccc([N+](=O)[O-])cc12)NCCCN1CCOCC1. The minimum Gasteiger partial charge on any atom is -0.379 e. The molecule has 0 saturated carbocycles. The number of benzene rings is 3. The van der Waals surface area contributed by atoms with Gasteiger partial charge in [0, 0.05) is 67.8 Å². The maximum atomic E-state index is 13.2. The second kappa shape index (κ2) is 12.7. The summed E-state index contributed by atoms with van der Waals surface area (Å²) < 4.78 is 7.53.